The van der Waals surface area contributed by atoms with E-state index >= 15 is 0 Å². The third kappa shape index (κ3) is 6.21. The van der Waals surface area contributed by atoms with Crippen LogP contribution >= 0.6 is 11.6 Å². The summed E-state index contributed by atoms with van der Waals surface area (Å²) in [6.45, 7) is 6.14. The van der Waals surface area contributed by atoms with E-state index in [0.717, 1.165) is 18.4 Å². The quantitative estimate of drug-likeness (QED) is 0.834. The van der Waals surface area contributed by atoms with E-state index in [0.29, 0.717) is 17.4 Å². The van der Waals surface area contributed by atoms with Crippen molar-refractivity contribution in [3.8, 4) is 5.88 Å². The predicted molar refractivity (Wildman–Crippen MR) is 83.0 cm³/mol. The standard InChI is InChI=1S/C15H23ClN2O3/c1-15(2,3)21-14(19)18(4)8-6-7-11-10-17-13(20-5)9-12(11)16/h9-10H,6-8H2,1-5H3. The Labute approximate surface area is 131 Å². The number of aromatic nitrogens is 1. The van der Waals surface area contributed by atoms with Crippen molar-refractivity contribution >= 4 is 17.7 Å². The molecule has 21 heavy (non-hydrogen) atoms. The van der Waals surface area contributed by atoms with Crippen LogP contribution in [0.1, 0.15) is 32.8 Å². The molecule has 0 aromatic carbocycles. The molecule has 0 atom stereocenters. The van der Waals surface area contributed by atoms with Crippen LogP contribution in [0.3, 0.4) is 0 Å². The van der Waals surface area contributed by atoms with Gasteiger partial charge >= 0.3 is 6.09 Å². The van der Waals surface area contributed by atoms with Gasteiger partial charge in [0.25, 0.3) is 0 Å². The first-order chi connectivity index (χ1) is 9.73. The molecular weight excluding hydrogens is 292 g/mol. The molecule has 0 saturated carbocycles. The van der Waals surface area contributed by atoms with Crippen molar-refractivity contribution < 1.29 is 14.3 Å². The minimum Gasteiger partial charge on any atom is -0.481 e. The van der Waals surface area contributed by atoms with Gasteiger partial charge in [0.1, 0.15) is 5.60 Å². The summed E-state index contributed by atoms with van der Waals surface area (Å²) in [5, 5.41) is 0.627. The second-order valence-electron chi connectivity index (χ2n) is 5.82. The van der Waals surface area contributed by atoms with Gasteiger partial charge in [0.05, 0.1) is 12.1 Å². The first-order valence-corrected chi connectivity index (χ1v) is 7.23. The third-order valence-corrected chi connectivity index (χ3v) is 3.11. The maximum Gasteiger partial charge on any atom is 0.410 e. The third-order valence-electron chi connectivity index (χ3n) is 2.76. The molecular formula is C15H23ClN2O3. The fourth-order valence-corrected chi connectivity index (χ4v) is 1.91. The number of hydrogen-bond donors (Lipinski definition) is 0. The minimum absolute atomic E-state index is 0.318. The number of ether oxygens (including phenoxy) is 2. The maximum atomic E-state index is 11.8. The highest BCUT2D eigenvalue weighted by Gasteiger charge is 2.19. The number of amides is 1. The van der Waals surface area contributed by atoms with Gasteiger partial charge in [0.15, 0.2) is 0 Å². The molecule has 0 aliphatic heterocycles. The van der Waals surface area contributed by atoms with Crippen LogP contribution in [0.4, 0.5) is 4.79 Å². The Balaban J connectivity index is 2.44. The topological polar surface area (TPSA) is 51.7 Å². The summed E-state index contributed by atoms with van der Waals surface area (Å²) >= 11 is 6.15. The molecule has 0 unspecified atom stereocenters. The zero-order chi connectivity index (χ0) is 16.0. The number of carbonyl (C=O) groups excluding carboxylic acids is 1. The lowest BCUT2D eigenvalue weighted by Gasteiger charge is -2.24. The van der Waals surface area contributed by atoms with Gasteiger partial charge in [-0.2, -0.15) is 0 Å². The van der Waals surface area contributed by atoms with Gasteiger partial charge in [-0.25, -0.2) is 9.78 Å². The Morgan fingerprint density at radius 3 is 2.62 bits per heavy atom. The summed E-state index contributed by atoms with van der Waals surface area (Å²) in [6, 6.07) is 1.69. The van der Waals surface area contributed by atoms with Crippen LogP contribution in [0, 0.1) is 0 Å². The molecule has 0 fully saturated rings. The molecule has 1 aromatic heterocycles. The first kappa shape index (κ1) is 17.6. The van der Waals surface area contributed by atoms with Crippen LogP contribution in [0.5, 0.6) is 5.88 Å². The van der Waals surface area contributed by atoms with E-state index in [1.54, 1.807) is 31.3 Å². The van der Waals surface area contributed by atoms with Crippen molar-refractivity contribution in [2.75, 3.05) is 20.7 Å². The van der Waals surface area contributed by atoms with E-state index < -0.39 is 5.60 Å². The Bertz CT molecular complexity index is 486. The average Bonchev–Trinajstić information content (AvgIpc) is 2.38. The summed E-state index contributed by atoms with van der Waals surface area (Å²) in [7, 11) is 3.27. The summed E-state index contributed by atoms with van der Waals surface area (Å²) in [6.07, 6.45) is 2.91. The molecule has 0 radical (unpaired) electrons. The monoisotopic (exact) mass is 314 g/mol. The molecule has 0 N–H and O–H groups in total. The second-order valence-corrected chi connectivity index (χ2v) is 6.23. The largest absolute Gasteiger partial charge is 0.481 e. The molecule has 0 aliphatic carbocycles. The summed E-state index contributed by atoms with van der Waals surface area (Å²) in [5.74, 6) is 0.495. The molecule has 0 saturated heterocycles. The minimum atomic E-state index is -0.478. The van der Waals surface area contributed by atoms with Crippen molar-refractivity contribution in [1.82, 2.24) is 9.88 Å². The molecule has 1 heterocycles. The Morgan fingerprint density at radius 1 is 1.43 bits per heavy atom. The van der Waals surface area contributed by atoms with Crippen molar-refractivity contribution in [3.63, 3.8) is 0 Å². The summed E-state index contributed by atoms with van der Waals surface area (Å²) in [4.78, 5) is 17.5. The van der Waals surface area contributed by atoms with Crippen molar-refractivity contribution in [2.24, 2.45) is 0 Å². The van der Waals surface area contributed by atoms with E-state index in [1.807, 2.05) is 20.8 Å². The normalized spacial score (nSPS) is 11.1. The lowest BCUT2D eigenvalue weighted by atomic mass is 10.1. The van der Waals surface area contributed by atoms with Gasteiger partial charge < -0.3 is 14.4 Å². The van der Waals surface area contributed by atoms with Gasteiger partial charge in [-0.15, -0.1) is 0 Å². The smallest absolute Gasteiger partial charge is 0.410 e. The molecule has 6 heteroatoms. The number of methoxy groups -OCH3 is 1. The highest BCUT2D eigenvalue weighted by molar-refractivity contribution is 6.31. The number of hydrogen-bond acceptors (Lipinski definition) is 4. The Hall–Kier alpha value is -1.49. The molecule has 1 rings (SSSR count). The van der Waals surface area contributed by atoms with Gasteiger partial charge in [0.2, 0.25) is 5.88 Å². The summed E-state index contributed by atoms with van der Waals surface area (Å²) < 4.78 is 10.3. The molecule has 118 valence electrons. The van der Waals surface area contributed by atoms with Crippen LogP contribution < -0.4 is 4.74 Å². The predicted octanol–water partition coefficient (Wildman–Crippen LogP) is 3.54. The van der Waals surface area contributed by atoms with Crippen molar-refractivity contribution in [1.29, 1.82) is 0 Å². The molecule has 5 nitrogen and oxygen atoms in total. The van der Waals surface area contributed by atoms with E-state index in [9.17, 15) is 4.79 Å². The maximum absolute atomic E-state index is 11.8. The average molecular weight is 315 g/mol. The number of rotatable bonds is 5. The highest BCUT2D eigenvalue weighted by atomic mass is 35.5. The van der Waals surface area contributed by atoms with Gasteiger partial charge in [-0.05, 0) is 39.2 Å². The van der Waals surface area contributed by atoms with Gasteiger partial charge in [-0.1, -0.05) is 11.6 Å². The Kier molecular flexibility index (Phi) is 6.27. The van der Waals surface area contributed by atoms with E-state index in [1.165, 1.54) is 0 Å². The first-order valence-electron chi connectivity index (χ1n) is 6.85. The molecule has 1 aromatic rings. The van der Waals surface area contributed by atoms with Crippen LogP contribution in [0.15, 0.2) is 12.3 Å². The lowest BCUT2D eigenvalue weighted by molar-refractivity contribution is 0.0297. The number of carbonyl (C=O) groups is 1. The van der Waals surface area contributed by atoms with Crippen LogP contribution in [0.25, 0.3) is 0 Å². The SMILES string of the molecule is COc1cc(Cl)c(CCCN(C)C(=O)OC(C)(C)C)cn1. The van der Waals surface area contributed by atoms with Crippen molar-refractivity contribution in [3.05, 3.63) is 22.8 Å². The van der Waals surface area contributed by atoms with E-state index in [2.05, 4.69) is 4.98 Å². The molecule has 1 amide bonds. The van der Waals surface area contributed by atoms with Crippen LogP contribution in [-0.2, 0) is 11.2 Å². The van der Waals surface area contributed by atoms with Gasteiger partial charge in [-0.3, -0.25) is 0 Å². The zero-order valence-corrected chi connectivity index (χ0v) is 14.0. The number of nitrogens with zero attached hydrogens (tertiary/aromatic N) is 2. The van der Waals surface area contributed by atoms with Gasteiger partial charge in [0, 0.05) is 25.9 Å². The molecule has 0 aliphatic rings. The lowest BCUT2D eigenvalue weighted by Crippen LogP contribution is -2.34. The van der Waals surface area contributed by atoms with E-state index in [-0.39, 0.29) is 6.09 Å². The van der Waals surface area contributed by atoms with Crippen molar-refractivity contribution in [2.45, 2.75) is 39.2 Å². The van der Waals surface area contributed by atoms with Crippen LogP contribution in [-0.4, -0.2) is 42.3 Å². The number of pyridine rings is 1. The fraction of sp³-hybridized carbons (Fsp3) is 0.600. The number of aryl methyl sites for hydroxylation is 1. The number of halogens is 1. The highest BCUT2D eigenvalue weighted by Crippen LogP contribution is 2.21. The fourth-order valence-electron chi connectivity index (χ4n) is 1.67. The summed E-state index contributed by atoms with van der Waals surface area (Å²) in [5.41, 5.74) is 0.462. The van der Waals surface area contributed by atoms with E-state index in [4.69, 9.17) is 21.1 Å². The zero-order valence-electron chi connectivity index (χ0n) is 13.3. The second kappa shape index (κ2) is 7.50. The Morgan fingerprint density at radius 2 is 2.10 bits per heavy atom. The molecule has 0 spiro atoms. The van der Waals surface area contributed by atoms with Crippen LogP contribution in [0.2, 0.25) is 5.02 Å². The molecule has 0 bridgehead atoms.